The Morgan fingerprint density at radius 2 is 1.41 bits per heavy atom. The Bertz CT molecular complexity index is 1170. The van der Waals surface area contributed by atoms with Crippen LogP contribution in [0.5, 0.6) is 0 Å². The molecule has 168 valence electrons. The molecule has 3 aliphatic rings. The number of carbonyl (C=O) groups excluding carboxylic acids is 2. The molecular formula is C28H34N2O2. The van der Waals surface area contributed by atoms with Gasteiger partial charge in [0.2, 0.25) is 0 Å². The quantitative estimate of drug-likeness (QED) is 0.589. The number of allylic oxidation sites excluding steroid dienone is 4. The molecule has 2 aliphatic carbocycles. The van der Waals surface area contributed by atoms with Gasteiger partial charge in [-0.25, -0.2) is 0 Å². The number of nitrogens with zero attached hydrogens (tertiary/aromatic N) is 2. The second kappa shape index (κ2) is 6.94. The van der Waals surface area contributed by atoms with Crippen LogP contribution in [0.3, 0.4) is 0 Å². The topological polar surface area (TPSA) is 42.3 Å². The lowest BCUT2D eigenvalue weighted by atomic mass is 9.64. The molecule has 0 spiro atoms. The van der Waals surface area contributed by atoms with Gasteiger partial charge in [0.05, 0.1) is 0 Å². The number of hydrogen-bond donors (Lipinski definition) is 0. The first kappa shape index (κ1) is 21.2. The molecule has 32 heavy (non-hydrogen) atoms. The lowest BCUT2D eigenvalue weighted by Gasteiger charge is -2.47. The summed E-state index contributed by atoms with van der Waals surface area (Å²) in [7, 11) is 2.07. The fourth-order valence-electron chi connectivity index (χ4n) is 6.24. The Labute approximate surface area is 191 Å². The number of fused-ring (bicyclic) bond motifs is 1. The van der Waals surface area contributed by atoms with Gasteiger partial charge in [-0.2, -0.15) is 0 Å². The Morgan fingerprint density at radius 1 is 0.875 bits per heavy atom. The van der Waals surface area contributed by atoms with Crippen molar-refractivity contribution in [2.24, 2.45) is 10.8 Å². The molecule has 2 heterocycles. The number of Topliss-reactive ketones (excluding diaryl/α,β-unsaturated/α-hetero) is 2. The maximum absolute atomic E-state index is 13.7. The molecule has 4 heteroatoms. The summed E-state index contributed by atoms with van der Waals surface area (Å²) in [4.78, 5) is 29.5. The molecule has 4 nitrogen and oxygen atoms in total. The van der Waals surface area contributed by atoms with Crippen LogP contribution < -0.4 is 0 Å². The summed E-state index contributed by atoms with van der Waals surface area (Å²) in [6, 6.07) is 8.40. The van der Waals surface area contributed by atoms with E-state index in [0.29, 0.717) is 12.8 Å². The molecule has 0 fully saturated rings. The summed E-state index contributed by atoms with van der Waals surface area (Å²) >= 11 is 0. The highest BCUT2D eigenvalue weighted by Crippen LogP contribution is 2.54. The Balaban J connectivity index is 1.82. The standard InChI is InChI=1S/C28H34N2O2/c1-7-30-16-18(17-10-8-9-11-19(17)30)24-25-20(12-27(2,3)14-22(25)31)29(6)21-13-28(4,5)15-23(32)26(21)24/h8-11,16,24H,7,12-15H2,1-6H3. The molecule has 0 saturated carbocycles. The van der Waals surface area contributed by atoms with E-state index in [1.165, 1.54) is 5.52 Å². The number of rotatable bonds is 2. The summed E-state index contributed by atoms with van der Waals surface area (Å²) in [5.74, 6) is 0.136. The predicted octanol–water partition coefficient (Wildman–Crippen LogP) is 5.98. The third-order valence-corrected chi connectivity index (χ3v) is 7.65. The number of para-hydroxylation sites is 1. The van der Waals surface area contributed by atoms with E-state index in [4.69, 9.17) is 0 Å². The van der Waals surface area contributed by atoms with Gasteiger partial charge in [0, 0.05) is 72.0 Å². The highest BCUT2D eigenvalue weighted by molar-refractivity contribution is 6.08. The molecule has 0 unspecified atom stereocenters. The van der Waals surface area contributed by atoms with Crippen molar-refractivity contribution in [3.63, 3.8) is 0 Å². The Morgan fingerprint density at radius 3 is 1.94 bits per heavy atom. The van der Waals surface area contributed by atoms with Crippen LogP contribution in [0.25, 0.3) is 10.9 Å². The zero-order valence-corrected chi connectivity index (χ0v) is 20.2. The van der Waals surface area contributed by atoms with E-state index < -0.39 is 0 Å². The van der Waals surface area contributed by atoms with Crippen molar-refractivity contribution in [2.45, 2.75) is 72.8 Å². The molecule has 1 aromatic carbocycles. The molecule has 0 N–H and O–H groups in total. The van der Waals surface area contributed by atoms with Crippen LogP contribution in [-0.4, -0.2) is 28.1 Å². The largest absolute Gasteiger partial charge is 0.351 e. The smallest absolute Gasteiger partial charge is 0.162 e. The summed E-state index contributed by atoms with van der Waals surface area (Å²) in [5, 5.41) is 1.15. The van der Waals surface area contributed by atoms with Gasteiger partial charge < -0.3 is 9.47 Å². The average Bonchev–Trinajstić information content (AvgIpc) is 3.07. The molecule has 5 rings (SSSR count). The van der Waals surface area contributed by atoms with Gasteiger partial charge >= 0.3 is 0 Å². The second-order valence-corrected chi connectivity index (χ2v) is 11.5. The van der Waals surface area contributed by atoms with E-state index in [-0.39, 0.29) is 28.3 Å². The van der Waals surface area contributed by atoms with Gasteiger partial charge in [-0.1, -0.05) is 45.9 Å². The first-order valence-corrected chi connectivity index (χ1v) is 11.9. The first-order chi connectivity index (χ1) is 15.0. The van der Waals surface area contributed by atoms with Crippen molar-refractivity contribution in [2.75, 3.05) is 7.05 Å². The van der Waals surface area contributed by atoms with Gasteiger partial charge in [0.15, 0.2) is 11.6 Å². The molecule has 0 bridgehead atoms. The van der Waals surface area contributed by atoms with E-state index in [9.17, 15) is 9.59 Å². The number of hydrogen-bond acceptors (Lipinski definition) is 3. The van der Waals surface area contributed by atoms with Crippen molar-refractivity contribution in [3.8, 4) is 0 Å². The molecular weight excluding hydrogens is 396 g/mol. The summed E-state index contributed by atoms with van der Waals surface area (Å²) in [6.07, 6.45) is 4.98. The van der Waals surface area contributed by atoms with E-state index in [1.807, 2.05) is 0 Å². The van der Waals surface area contributed by atoms with Crippen LogP contribution in [-0.2, 0) is 16.1 Å². The Kier molecular flexibility index (Phi) is 4.60. The molecule has 0 amide bonds. The second-order valence-electron chi connectivity index (χ2n) is 11.5. The van der Waals surface area contributed by atoms with Crippen LogP contribution >= 0.6 is 0 Å². The third kappa shape index (κ3) is 3.10. The first-order valence-electron chi connectivity index (χ1n) is 11.9. The van der Waals surface area contributed by atoms with Gasteiger partial charge in [-0.15, -0.1) is 0 Å². The SMILES string of the molecule is CCn1cc(C2C3=C(CC(C)(C)CC3=O)N(C)C3=C2C(=O)CC(C)(C)C3)c2ccccc21. The minimum atomic E-state index is -0.263. The fourth-order valence-corrected chi connectivity index (χ4v) is 6.24. The number of aryl methyl sites for hydroxylation is 1. The minimum Gasteiger partial charge on any atom is -0.351 e. The van der Waals surface area contributed by atoms with Gasteiger partial charge in [-0.05, 0) is 42.2 Å². The van der Waals surface area contributed by atoms with Crippen molar-refractivity contribution < 1.29 is 9.59 Å². The van der Waals surface area contributed by atoms with Crippen LogP contribution in [0, 0.1) is 10.8 Å². The molecule has 1 aliphatic heterocycles. The number of ketones is 2. The Hall–Kier alpha value is -2.62. The van der Waals surface area contributed by atoms with Gasteiger partial charge in [0.1, 0.15) is 0 Å². The van der Waals surface area contributed by atoms with Crippen molar-refractivity contribution in [1.82, 2.24) is 9.47 Å². The molecule has 2 aromatic rings. The van der Waals surface area contributed by atoms with Crippen LogP contribution in [0.2, 0.25) is 0 Å². The lowest BCUT2D eigenvalue weighted by molar-refractivity contribution is -0.119. The average molecular weight is 431 g/mol. The van der Waals surface area contributed by atoms with Crippen LogP contribution in [0.4, 0.5) is 0 Å². The fraction of sp³-hybridized carbons (Fsp3) is 0.500. The maximum Gasteiger partial charge on any atom is 0.162 e. The van der Waals surface area contributed by atoms with Gasteiger partial charge in [-0.3, -0.25) is 9.59 Å². The summed E-state index contributed by atoms with van der Waals surface area (Å²) in [6.45, 7) is 11.7. The normalized spacial score (nSPS) is 23.1. The summed E-state index contributed by atoms with van der Waals surface area (Å²) < 4.78 is 2.25. The van der Waals surface area contributed by atoms with E-state index in [0.717, 1.165) is 52.9 Å². The lowest BCUT2D eigenvalue weighted by Crippen LogP contribution is -2.43. The zero-order chi connectivity index (χ0) is 23.0. The van der Waals surface area contributed by atoms with Crippen molar-refractivity contribution in [1.29, 1.82) is 0 Å². The van der Waals surface area contributed by atoms with Crippen LogP contribution in [0.1, 0.15) is 71.8 Å². The highest BCUT2D eigenvalue weighted by atomic mass is 16.1. The minimum absolute atomic E-state index is 0.0710. The monoisotopic (exact) mass is 430 g/mol. The molecule has 0 atom stereocenters. The molecule has 1 aromatic heterocycles. The van der Waals surface area contributed by atoms with Crippen molar-refractivity contribution >= 4 is 22.5 Å². The van der Waals surface area contributed by atoms with Crippen LogP contribution in [0.15, 0.2) is 53.0 Å². The summed E-state index contributed by atoms with van der Waals surface area (Å²) in [5.41, 5.74) is 6.09. The number of carbonyl (C=O) groups is 2. The van der Waals surface area contributed by atoms with Gasteiger partial charge in [0.25, 0.3) is 0 Å². The van der Waals surface area contributed by atoms with E-state index >= 15 is 0 Å². The number of aromatic nitrogens is 1. The van der Waals surface area contributed by atoms with E-state index in [2.05, 4.69) is 81.6 Å². The van der Waals surface area contributed by atoms with Crippen molar-refractivity contribution in [3.05, 3.63) is 58.6 Å². The molecule has 0 saturated heterocycles. The van der Waals surface area contributed by atoms with E-state index in [1.54, 1.807) is 0 Å². The predicted molar refractivity (Wildman–Crippen MR) is 128 cm³/mol. The number of benzene rings is 1. The highest BCUT2D eigenvalue weighted by Gasteiger charge is 2.48. The maximum atomic E-state index is 13.7. The third-order valence-electron chi connectivity index (χ3n) is 7.65. The molecule has 0 radical (unpaired) electrons. The zero-order valence-electron chi connectivity index (χ0n) is 20.2.